The molecule has 1 saturated carbocycles. The van der Waals surface area contributed by atoms with Crippen molar-refractivity contribution in [1.82, 2.24) is 0 Å². The van der Waals surface area contributed by atoms with Gasteiger partial charge in [0.2, 0.25) is 0 Å². The van der Waals surface area contributed by atoms with Crippen molar-refractivity contribution in [3.8, 4) is 0 Å². The highest BCUT2D eigenvalue weighted by Gasteiger charge is 2.44. The molecule has 1 N–H and O–H groups in total. The Labute approximate surface area is 104 Å². The Balaban J connectivity index is 2.29. The van der Waals surface area contributed by atoms with Crippen molar-refractivity contribution >= 4 is 0 Å². The van der Waals surface area contributed by atoms with E-state index >= 15 is 0 Å². The molecule has 2 nitrogen and oxygen atoms in total. The third-order valence-electron chi connectivity index (χ3n) is 4.21. The molecule has 1 aliphatic carbocycles. The van der Waals surface area contributed by atoms with Crippen LogP contribution in [0.5, 0.6) is 0 Å². The normalized spacial score (nSPS) is 32.9. The fraction of sp³-hybridized carbons (Fsp3) is 0.600. The largest absolute Gasteiger partial charge is 0.396 e. The summed E-state index contributed by atoms with van der Waals surface area (Å²) in [6, 6.07) is 10.6. The number of hydrogen-bond acceptors (Lipinski definition) is 2. The minimum atomic E-state index is 0.100. The van der Waals surface area contributed by atoms with Crippen LogP contribution in [-0.2, 0) is 10.2 Å². The fourth-order valence-corrected chi connectivity index (χ4v) is 3.32. The molecule has 94 valence electrons. The van der Waals surface area contributed by atoms with Crippen LogP contribution >= 0.6 is 0 Å². The summed E-state index contributed by atoms with van der Waals surface area (Å²) in [5.41, 5.74) is 1.45. The molecule has 0 heterocycles. The molecule has 3 atom stereocenters. The Morgan fingerprint density at radius 3 is 2.53 bits per heavy atom. The summed E-state index contributed by atoms with van der Waals surface area (Å²) in [7, 11) is 1.77. The second-order valence-electron chi connectivity index (χ2n) is 5.41. The van der Waals surface area contributed by atoms with Gasteiger partial charge in [-0.25, -0.2) is 0 Å². The van der Waals surface area contributed by atoms with Gasteiger partial charge in [0.15, 0.2) is 0 Å². The van der Waals surface area contributed by atoms with Gasteiger partial charge in [0.05, 0.1) is 6.61 Å². The van der Waals surface area contributed by atoms with Gasteiger partial charge in [-0.1, -0.05) is 37.3 Å². The highest BCUT2D eigenvalue weighted by Crippen LogP contribution is 2.47. The molecule has 17 heavy (non-hydrogen) atoms. The average molecular weight is 234 g/mol. The molecule has 1 aromatic rings. The van der Waals surface area contributed by atoms with Gasteiger partial charge < -0.3 is 9.84 Å². The number of ether oxygens (including phenoxy) is 1. The topological polar surface area (TPSA) is 29.5 Å². The Bertz CT molecular complexity index is 349. The van der Waals surface area contributed by atoms with Gasteiger partial charge in [-0.05, 0) is 30.2 Å². The van der Waals surface area contributed by atoms with Crippen LogP contribution in [0.1, 0.15) is 25.3 Å². The third-order valence-corrected chi connectivity index (χ3v) is 4.21. The van der Waals surface area contributed by atoms with E-state index in [2.05, 4.69) is 31.2 Å². The van der Waals surface area contributed by atoms with Gasteiger partial charge in [0.1, 0.15) is 0 Å². The smallest absolute Gasteiger partial charge is 0.0559 e. The molecule has 1 aliphatic rings. The zero-order chi connectivity index (χ0) is 12.3. The molecule has 0 bridgehead atoms. The van der Waals surface area contributed by atoms with Crippen LogP contribution in [0.2, 0.25) is 0 Å². The maximum Gasteiger partial charge on any atom is 0.0559 e. The monoisotopic (exact) mass is 234 g/mol. The van der Waals surface area contributed by atoms with E-state index < -0.39 is 0 Å². The molecule has 0 aromatic heterocycles. The van der Waals surface area contributed by atoms with E-state index in [0.29, 0.717) is 18.4 Å². The van der Waals surface area contributed by atoms with Crippen molar-refractivity contribution in [2.24, 2.45) is 11.8 Å². The summed E-state index contributed by atoms with van der Waals surface area (Å²) in [4.78, 5) is 0. The number of methoxy groups -OCH3 is 1. The van der Waals surface area contributed by atoms with Crippen molar-refractivity contribution in [3.05, 3.63) is 35.9 Å². The summed E-state index contributed by atoms with van der Waals surface area (Å²) < 4.78 is 5.44. The average Bonchev–Trinajstić information content (AvgIpc) is 2.68. The van der Waals surface area contributed by atoms with Gasteiger partial charge in [0.25, 0.3) is 0 Å². The fourth-order valence-electron chi connectivity index (χ4n) is 3.32. The van der Waals surface area contributed by atoms with E-state index in [0.717, 1.165) is 19.4 Å². The summed E-state index contributed by atoms with van der Waals surface area (Å²) in [6.07, 6.45) is 2.14. The number of hydrogen-bond donors (Lipinski definition) is 1. The lowest BCUT2D eigenvalue weighted by Gasteiger charge is -2.29. The second kappa shape index (κ2) is 5.19. The minimum Gasteiger partial charge on any atom is -0.396 e. The van der Waals surface area contributed by atoms with Crippen molar-refractivity contribution in [2.75, 3.05) is 20.3 Å². The van der Waals surface area contributed by atoms with Gasteiger partial charge in [-0.15, -0.1) is 0 Å². The summed E-state index contributed by atoms with van der Waals surface area (Å²) in [5, 5.41) is 9.44. The minimum absolute atomic E-state index is 0.100. The molecule has 1 aromatic carbocycles. The lowest BCUT2D eigenvalue weighted by atomic mass is 9.78. The number of aliphatic hydroxyl groups excluding tert-OH is 1. The Hall–Kier alpha value is -0.860. The van der Waals surface area contributed by atoms with Crippen molar-refractivity contribution < 1.29 is 9.84 Å². The lowest BCUT2D eigenvalue weighted by Crippen LogP contribution is -2.29. The standard InChI is InChI=1S/C15H22O2/c1-12-8-15(11-17-2,9-13(12)10-16)14-6-4-3-5-7-14/h3-7,12-13,16H,8-11H2,1-2H3/t12-,13+,15?/m0/s1. The van der Waals surface area contributed by atoms with Crippen LogP contribution in [0.15, 0.2) is 30.3 Å². The van der Waals surface area contributed by atoms with Crippen LogP contribution in [-0.4, -0.2) is 25.4 Å². The predicted molar refractivity (Wildman–Crippen MR) is 69.0 cm³/mol. The molecule has 0 radical (unpaired) electrons. The first-order valence-electron chi connectivity index (χ1n) is 6.37. The van der Waals surface area contributed by atoms with Crippen molar-refractivity contribution in [3.63, 3.8) is 0 Å². The Morgan fingerprint density at radius 2 is 2.00 bits per heavy atom. The van der Waals surface area contributed by atoms with Gasteiger partial charge >= 0.3 is 0 Å². The highest BCUT2D eigenvalue weighted by atomic mass is 16.5. The van der Waals surface area contributed by atoms with Crippen LogP contribution in [0.25, 0.3) is 0 Å². The molecule has 1 unspecified atom stereocenters. The van der Waals surface area contributed by atoms with E-state index in [-0.39, 0.29) is 5.41 Å². The molecular weight excluding hydrogens is 212 g/mol. The lowest BCUT2D eigenvalue weighted by molar-refractivity contribution is 0.125. The van der Waals surface area contributed by atoms with Crippen LogP contribution in [0.4, 0.5) is 0 Å². The van der Waals surface area contributed by atoms with Crippen molar-refractivity contribution in [2.45, 2.75) is 25.2 Å². The highest BCUT2D eigenvalue weighted by molar-refractivity contribution is 5.27. The third kappa shape index (κ3) is 2.38. The molecule has 0 saturated heterocycles. The van der Waals surface area contributed by atoms with E-state index in [1.54, 1.807) is 7.11 Å². The Morgan fingerprint density at radius 1 is 1.29 bits per heavy atom. The Kier molecular flexibility index (Phi) is 3.85. The number of benzene rings is 1. The number of rotatable bonds is 4. The van der Waals surface area contributed by atoms with E-state index in [4.69, 9.17) is 4.74 Å². The molecule has 0 amide bonds. The SMILES string of the molecule is COCC1(c2ccccc2)C[C@H](CO)[C@@H](C)C1. The first-order chi connectivity index (χ1) is 8.22. The van der Waals surface area contributed by atoms with E-state index in [1.807, 2.05) is 6.07 Å². The summed E-state index contributed by atoms with van der Waals surface area (Å²) >= 11 is 0. The maximum absolute atomic E-state index is 9.44. The van der Waals surface area contributed by atoms with Crippen molar-refractivity contribution in [1.29, 1.82) is 0 Å². The molecule has 0 spiro atoms. The van der Waals surface area contributed by atoms with Crippen LogP contribution in [0, 0.1) is 11.8 Å². The van der Waals surface area contributed by atoms with Gasteiger partial charge in [-0.3, -0.25) is 0 Å². The van der Waals surface area contributed by atoms with Gasteiger partial charge in [-0.2, -0.15) is 0 Å². The molecule has 2 heteroatoms. The molecule has 1 fully saturated rings. The molecular formula is C15H22O2. The quantitative estimate of drug-likeness (QED) is 0.867. The van der Waals surface area contributed by atoms with E-state index in [1.165, 1.54) is 5.56 Å². The summed E-state index contributed by atoms with van der Waals surface area (Å²) in [5.74, 6) is 0.973. The predicted octanol–water partition coefficient (Wildman–Crippen LogP) is 2.61. The zero-order valence-corrected chi connectivity index (χ0v) is 10.7. The van der Waals surface area contributed by atoms with Crippen LogP contribution in [0.3, 0.4) is 0 Å². The first-order valence-corrected chi connectivity index (χ1v) is 6.37. The second-order valence-corrected chi connectivity index (χ2v) is 5.41. The zero-order valence-electron chi connectivity index (χ0n) is 10.7. The maximum atomic E-state index is 9.44. The first kappa shape index (κ1) is 12.6. The van der Waals surface area contributed by atoms with E-state index in [9.17, 15) is 5.11 Å². The molecule has 0 aliphatic heterocycles. The van der Waals surface area contributed by atoms with Crippen LogP contribution < -0.4 is 0 Å². The summed E-state index contributed by atoms with van der Waals surface area (Å²) in [6.45, 7) is 3.28. The molecule has 2 rings (SSSR count). The number of aliphatic hydroxyl groups is 1. The van der Waals surface area contributed by atoms with Gasteiger partial charge in [0, 0.05) is 19.1 Å².